The van der Waals surface area contributed by atoms with Crippen LogP contribution in [-0.4, -0.2) is 52.7 Å². The largest absolute Gasteiger partial charge is 0.383 e. The van der Waals surface area contributed by atoms with E-state index in [0.717, 1.165) is 12.8 Å². The molecule has 9 heteroatoms. The van der Waals surface area contributed by atoms with Crippen LogP contribution in [-0.2, 0) is 14.8 Å². The molecule has 2 atom stereocenters. The summed E-state index contributed by atoms with van der Waals surface area (Å²) in [5.74, 6) is -0.150. The fourth-order valence-electron chi connectivity index (χ4n) is 3.59. The molecule has 2 heterocycles. The van der Waals surface area contributed by atoms with Crippen molar-refractivity contribution in [2.24, 2.45) is 0 Å². The molecule has 3 rings (SSSR count). The number of carbonyl (C=O) groups is 1. The molecule has 2 unspecified atom stereocenters. The van der Waals surface area contributed by atoms with Crippen LogP contribution in [0, 0.1) is 0 Å². The Kier molecular flexibility index (Phi) is 7.42. The highest BCUT2D eigenvalue weighted by atomic mass is 35.5. The van der Waals surface area contributed by atoms with Crippen molar-refractivity contribution >= 4 is 28.3 Å². The van der Waals surface area contributed by atoms with Gasteiger partial charge in [0.05, 0.1) is 11.5 Å². The minimum absolute atomic E-state index is 0. The van der Waals surface area contributed by atoms with E-state index in [0.29, 0.717) is 24.3 Å². The predicted octanol–water partition coefficient (Wildman–Crippen LogP) is 1.05. The molecule has 1 aromatic carbocycles. The zero-order valence-electron chi connectivity index (χ0n) is 14.7. The Bertz CT molecular complexity index is 699. The number of amides is 1. The number of rotatable bonds is 7. The summed E-state index contributed by atoms with van der Waals surface area (Å²) in [5, 5.41) is 6.62. The van der Waals surface area contributed by atoms with E-state index in [1.807, 2.05) is 0 Å². The van der Waals surface area contributed by atoms with Crippen LogP contribution in [0.3, 0.4) is 0 Å². The van der Waals surface area contributed by atoms with E-state index in [-0.39, 0.29) is 35.8 Å². The Hall–Kier alpha value is -1.19. The summed E-state index contributed by atoms with van der Waals surface area (Å²) in [6.45, 7) is 0.511. The number of sulfonamides is 1. The number of methoxy groups -OCH3 is 1. The number of ether oxygens (including phenoxy) is 1. The lowest BCUT2D eigenvalue weighted by Crippen LogP contribution is -2.48. The number of carbonyl (C=O) groups excluding carboxylic acids is 1. The Balaban J connectivity index is 0.00000243. The van der Waals surface area contributed by atoms with Gasteiger partial charge in [0.15, 0.2) is 0 Å². The Morgan fingerprint density at radius 3 is 2.38 bits per heavy atom. The molecule has 0 aliphatic carbocycles. The van der Waals surface area contributed by atoms with Crippen LogP contribution >= 0.6 is 12.4 Å². The third-order valence-corrected chi connectivity index (χ3v) is 6.31. The quantitative estimate of drug-likeness (QED) is 0.591. The molecule has 7 nitrogen and oxygen atoms in total. The van der Waals surface area contributed by atoms with Crippen LogP contribution in [0.5, 0.6) is 0 Å². The number of fused-ring (bicyclic) bond motifs is 2. The van der Waals surface area contributed by atoms with E-state index in [4.69, 9.17) is 4.74 Å². The van der Waals surface area contributed by atoms with Gasteiger partial charge in [-0.1, -0.05) is 0 Å². The van der Waals surface area contributed by atoms with E-state index < -0.39 is 10.0 Å². The lowest BCUT2D eigenvalue weighted by molar-refractivity contribution is 0.0924. The van der Waals surface area contributed by atoms with Crippen molar-refractivity contribution < 1.29 is 17.9 Å². The number of benzene rings is 1. The van der Waals surface area contributed by atoms with Crippen LogP contribution in [0.4, 0.5) is 0 Å². The van der Waals surface area contributed by atoms with Crippen LogP contribution in [0.15, 0.2) is 29.2 Å². The molecule has 2 aliphatic rings. The van der Waals surface area contributed by atoms with E-state index >= 15 is 0 Å². The van der Waals surface area contributed by atoms with Gasteiger partial charge in [0, 0.05) is 37.3 Å². The monoisotopic (exact) mass is 403 g/mol. The molecule has 1 amide bonds. The van der Waals surface area contributed by atoms with Gasteiger partial charge in [0.2, 0.25) is 10.0 Å². The van der Waals surface area contributed by atoms with Crippen molar-refractivity contribution in [2.45, 2.75) is 48.7 Å². The second kappa shape index (κ2) is 9.14. The minimum atomic E-state index is -3.58. The van der Waals surface area contributed by atoms with Crippen LogP contribution in [0.1, 0.15) is 36.0 Å². The van der Waals surface area contributed by atoms with Gasteiger partial charge in [-0.15, -0.1) is 12.4 Å². The topological polar surface area (TPSA) is 96.5 Å². The number of hydrogen-bond donors (Lipinski definition) is 3. The normalized spacial score (nSPS) is 24.7. The standard InChI is InChI=1S/C17H25N3O4S.ClH/c1-24-9-8-18-25(22,23)16-6-2-12(3-7-16)17(21)20-15-10-13-4-5-14(11-15)19-13;/h2-3,6-7,13-15,18-19H,4-5,8-11H2,1H3,(H,20,21);1H. The average Bonchev–Trinajstić information content (AvgIpc) is 2.93. The highest BCUT2D eigenvalue weighted by molar-refractivity contribution is 7.89. The van der Waals surface area contributed by atoms with Crippen molar-refractivity contribution in [2.75, 3.05) is 20.3 Å². The second-order valence-corrected chi connectivity index (χ2v) is 8.46. The summed E-state index contributed by atoms with van der Waals surface area (Å²) in [6, 6.07) is 7.22. The number of halogens is 1. The van der Waals surface area contributed by atoms with Crippen molar-refractivity contribution in [1.82, 2.24) is 15.4 Å². The molecule has 26 heavy (non-hydrogen) atoms. The smallest absolute Gasteiger partial charge is 0.251 e. The summed E-state index contributed by atoms with van der Waals surface area (Å²) in [4.78, 5) is 12.5. The first-order chi connectivity index (χ1) is 12.0. The van der Waals surface area contributed by atoms with Crippen molar-refractivity contribution in [3.8, 4) is 0 Å². The van der Waals surface area contributed by atoms with E-state index in [9.17, 15) is 13.2 Å². The molecule has 2 aliphatic heterocycles. The van der Waals surface area contributed by atoms with Gasteiger partial charge in [-0.05, 0) is 49.9 Å². The molecular formula is C17H26ClN3O4S. The first-order valence-corrected chi connectivity index (χ1v) is 10.1. The minimum Gasteiger partial charge on any atom is -0.383 e. The van der Waals surface area contributed by atoms with Crippen LogP contribution < -0.4 is 15.4 Å². The molecule has 0 saturated carbocycles. The summed E-state index contributed by atoms with van der Waals surface area (Å²) in [7, 11) is -2.07. The summed E-state index contributed by atoms with van der Waals surface area (Å²) in [6.07, 6.45) is 4.27. The molecule has 2 fully saturated rings. The van der Waals surface area contributed by atoms with Gasteiger partial charge in [0.1, 0.15) is 0 Å². The van der Waals surface area contributed by atoms with Gasteiger partial charge in [-0.3, -0.25) is 4.79 Å². The zero-order valence-corrected chi connectivity index (χ0v) is 16.4. The fourth-order valence-corrected chi connectivity index (χ4v) is 4.60. The van der Waals surface area contributed by atoms with E-state index in [1.165, 1.54) is 32.1 Å². The SMILES string of the molecule is COCCNS(=O)(=O)c1ccc(C(=O)NC2CC3CCC(C2)N3)cc1.Cl. The number of piperidine rings is 1. The third-order valence-electron chi connectivity index (χ3n) is 4.83. The predicted molar refractivity (Wildman–Crippen MR) is 101 cm³/mol. The Morgan fingerprint density at radius 2 is 1.81 bits per heavy atom. The maximum atomic E-state index is 12.4. The number of hydrogen-bond acceptors (Lipinski definition) is 5. The molecule has 3 N–H and O–H groups in total. The third kappa shape index (κ3) is 5.17. The first kappa shape index (κ1) is 21.1. The van der Waals surface area contributed by atoms with Crippen molar-refractivity contribution in [3.05, 3.63) is 29.8 Å². The van der Waals surface area contributed by atoms with Gasteiger partial charge in [-0.25, -0.2) is 13.1 Å². The zero-order chi connectivity index (χ0) is 17.9. The lowest BCUT2D eigenvalue weighted by atomic mass is 9.99. The maximum Gasteiger partial charge on any atom is 0.251 e. The molecule has 2 bridgehead atoms. The van der Waals surface area contributed by atoms with Crippen LogP contribution in [0.2, 0.25) is 0 Å². The first-order valence-electron chi connectivity index (χ1n) is 8.63. The summed E-state index contributed by atoms with van der Waals surface area (Å²) in [5.41, 5.74) is 0.474. The maximum absolute atomic E-state index is 12.4. The fraction of sp³-hybridized carbons (Fsp3) is 0.588. The van der Waals surface area contributed by atoms with E-state index in [1.54, 1.807) is 12.1 Å². The lowest BCUT2D eigenvalue weighted by Gasteiger charge is -2.29. The molecule has 0 aromatic heterocycles. The van der Waals surface area contributed by atoms with E-state index in [2.05, 4.69) is 15.4 Å². The summed E-state index contributed by atoms with van der Waals surface area (Å²) >= 11 is 0. The molecule has 0 spiro atoms. The molecule has 0 radical (unpaired) electrons. The van der Waals surface area contributed by atoms with Gasteiger partial charge >= 0.3 is 0 Å². The van der Waals surface area contributed by atoms with Crippen molar-refractivity contribution in [1.29, 1.82) is 0 Å². The van der Waals surface area contributed by atoms with Crippen molar-refractivity contribution in [3.63, 3.8) is 0 Å². The highest BCUT2D eigenvalue weighted by Gasteiger charge is 2.34. The second-order valence-electron chi connectivity index (χ2n) is 6.69. The van der Waals surface area contributed by atoms with Crippen LogP contribution in [0.25, 0.3) is 0 Å². The Labute approximate surface area is 160 Å². The number of nitrogens with one attached hydrogen (secondary N) is 3. The molecule has 1 aromatic rings. The molecular weight excluding hydrogens is 378 g/mol. The van der Waals surface area contributed by atoms with Gasteiger partial charge < -0.3 is 15.4 Å². The highest BCUT2D eigenvalue weighted by Crippen LogP contribution is 2.27. The van der Waals surface area contributed by atoms with Gasteiger partial charge in [-0.2, -0.15) is 0 Å². The Morgan fingerprint density at radius 1 is 1.19 bits per heavy atom. The summed E-state index contributed by atoms with van der Waals surface area (Å²) < 4.78 is 31.5. The molecule has 2 saturated heterocycles. The average molecular weight is 404 g/mol. The molecule has 146 valence electrons. The van der Waals surface area contributed by atoms with Gasteiger partial charge in [0.25, 0.3) is 5.91 Å².